The zero-order chi connectivity index (χ0) is 23.0. The maximum absolute atomic E-state index is 12.1. The molecule has 0 bridgehead atoms. The Morgan fingerprint density at radius 3 is 2.00 bits per heavy atom. The first-order chi connectivity index (χ1) is 14.6. The van der Waals surface area contributed by atoms with Crippen LogP contribution in [0.25, 0.3) is 0 Å². The molecule has 0 aliphatic heterocycles. The Morgan fingerprint density at radius 1 is 0.839 bits per heavy atom. The van der Waals surface area contributed by atoms with Crippen molar-refractivity contribution < 1.29 is 19.2 Å². The predicted octanol–water partition coefficient (Wildman–Crippen LogP) is 3.07. The summed E-state index contributed by atoms with van der Waals surface area (Å²) in [6.45, 7) is 4.75. The van der Waals surface area contributed by atoms with Gasteiger partial charge in [0.05, 0.1) is 6.42 Å². The second-order valence-electron chi connectivity index (χ2n) is 6.69. The highest BCUT2D eigenvalue weighted by molar-refractivity contribution is 6.40. The fourth-order valence-corrected chi connectivity index (χ4v) is 2.55. The molecule has 10 heteroatoms. The van der Waals surface area contributed by atoms with Crippen LogP contribution >= 0.6 is 11.6 Å². The van der Waals surface area contributed by atoms with Gasteiger partial charge in [0.25, 0.3) is 0 Å². The highest BCUT2D eigenvalue weighted by atomic mass is 35.5. The van der Waals surface area contributed by atoms with Crippen LogP contribution in [0.3, 0.4) is 0 Å². The number of carbonyl (C=O) groups is 4. The molecule has 0 aromatic heterocycles. The van der Waals surface area contributed by atoms with Crippen molar-refractivity contribution >= 4 is 58.0 Å². The van der Waals surface area contributed by atoms with E-state index in [1.54, 1.807) is 36.4 Å². The lowest BCUT2D eigenvalue weighted by Crippen LogP contribution is -2.33. The topological polar surface area (TPSA) is 129 Å². The molecule has 4 amide bonds. The molecule has 0 spiro atoms. The zero-order valence-corrected chi connectivity index (χ0v) is 18.0. The number of rotatable bonds is 6. The number of amides is 4. The lowest BCUT2D eigenvalue weighted by molar-refractivity contribution is -0.136. The fourth-order valence-electron chi connectivity index (χ4n) is 2.37. The van der Waals surface area contributed by atoms with Gasteiger partial charge in [-0.2, -0.15) is 5.10 Å². The third kappa shape index (κ3) is 7.90. The monoisotopic (exact) mass is 443 g/mol. The number of aryl methyl sites for hydroxylation is 1. The smallest absolute Gasteiger partial charge is 0.326 e. The number of nitrogens with zero attached hydrogens (tertiary/aromatic N) is 1. The van der Waals surface area contributed by atoms with Crippen molar-refractivity contribution in [2.24, 2.45) is 5.10 Å². The molecule has 0 saturated heterocycles. The van der Waals surface area contributed by atoms with Crippen molar-refractivity contribution in [3.05, 3.63) is 53.1 Å². The average molecular weight is 444 g/mol. The Bertz CT molecular complexity index is 1030. The van der Waals surface area contributed by atoms with E-state index in [0.29, 0.717) is 27.8 Å². The van der Waals surface area contributed by atoms with Crippen molar-refractivity contribution in [2.75, 3.05) is 16.0 Å². The Labute approximate surface area is 184 Å². The largest absolute Gasteiger partial charge is 0.329 e. The molecular weight excluding hydrogens is 422 g/mol. The summed E-state index contributed by atoms with van der Waals surface area (Å²) < 4.78 is 0. The van der Waals surface area contributed by atoms with Gasteiger partial charge in [0.15, 0.2) is 0 Å². The summed E-state index contributed by atoms with van der Waals surface area (Å²) in [5.74, 6) is -2.45. The first-order valence-electron chi connectivity index (χ1n) is 9.22. The molecule has 0 saturated carbocycles. The van der Waals surface area contributed by atoms with Crippen molar-refractivity contribution in [1.29, 1.82) is 0 Å². The van der Waals surface area contributed by atoms with E-state index >= 15 is 0 Å². The Morgan fingerprint density at radius 2 is 1.42 bits per heavy atom. The number of halogens is 1. The molecule has 0 atom stereocenters. The molecule has 0 unspecified atom stereocenters. The normalized spacial score (nSPS) is 10.8. The van der Waals surface area contributed by atoms with E-state index in [-0.39, 0.29) is 18.2 Å². The van der Waals surface area contributed by atoms with E-state index in [0.717, 1.165) is 5.56 Å². The third-order valence-electron chi connectivity index (χ3n) is 3.89. The van der Waals surface area contributed by atoms with Crippen molar-refractivity contribution in [3.63, 3.8) is 0 Å². The van der Waals surface area contributed by atoms with Crippen LogP contribution in [0.2, 0.25) is 5.02 Å². The van der Waals surface area contributed by atoms with Gasteiger partial charge in [-0.25, -0.2) is 5.43 Å². The summed E-state index contributed by atoms with van der Waals surface area (Å²) in [7, 11) is 0. The molecular formula is C21H22ClN5O4. The van der Waals surface area contributed by atoms with Crippen LogP contribution in [-0.2, 0) is 19.2 Å². The van der Waals surface area contributed by atoms with Crippen LogP contribution < -0.4 is 21.4 Å². The number of benzene rings is 2. The summed E-state index contributed by atoms with van der Waals surface area (Å²) in [5, 5.41) is 11.9. The van der Waals surface area contributed by atoms with Crippen molar-refractivity contribution in [2.45, 2.75) is 27.2 Å². The summed E-state index contributed by atoms with van der Waals surface area (Å²) in [5.41, 5.74) is 4.76. The first kappa shape index (κ1) is 23.6. The lowest BCUT2D eigenvalue weighted by Gasteiger charge is -2.08. The number of nitrogens with one attached hydrogen (secondary N) is 4. The first-order valence-corrected chi connectivity index (χ1v) is 9.60. The van der Waals surface area contributed by atoms with E-state index in [2.05, 4.69) is 26.5 Å². The molecule has 31 heavy (non-hydrogen) atoms. The minimum atomic E-state index is -0.981. The minimum Gasteiger partial charge on any atom is -0.326 e. The molecule has 0 fully saturated rings. The van der Waals surface area contributed by atoms with Gasteiger partial charge in [0.2, 0.25) is 11.8 Å². The van der Waals surface area contributed by atoms with Gasteiger partial charge >= 0.3 is 11.8 Å². The summed E-state index contributed by atoms with van der Waals surface area (Å²) in [6.07, 6.45) is -0.0943. The average Bonchev–Trinajstić information content (AvgIpc) is 2.70. The van der Waals surface area contributed by atoms with Crippen LogP contribution in [0.5, 0.6) is 0 Å². The highest BCUT2D eigenvalue weighted by Crippen LogP contribution is 2.19. The Hall–Kier alpha value is -3.72. The van der Waals surface area contributed by atoms with Gasteiger partial charge in [-0.05, 0) is 55.8 Å². The highest BCUT2D eigenvalue weighted by Gasteiger charge is 2.14. The SMILES string of the molecule is CC(=O)Nc1ccc(NC(=O)C/C(C)=N\NC(=O)C(=O)Nc2ccc(C)c(Cl)c2)cc1. The summed E-state index contributed by atoms with van der Waals surface area (Å²) >= 11 is 5.99. The van der Waals surface area contributed by atoms with Crippen molar-refractivity contribution in [1.82, 2.24) is 5.43 Å². The van der Waals surface area contributed by atoms with E-state index in [9.17, 15) is 19.2 Å². The maximum atomic E-state index is 12.1. The molecule has 2 aromatic carbocycles. The molecule has 162 valence electrons. The van der Waals surface area contributed by atoms with Gasteiger partial charge in [0.1, 0.15) is 0 Å². The molecule has 0 heterocycles. The summed E-state index contributed by atoms with van der Waals surface area (Å²) in [4.78, 5) is 46.9. The summed E-state index contributed by atoms with van der Waals surface area (Å²) in [6, 6.07) is 11.4. The standard InChI is InChI=1S/C21H22ClN5O4/c1-12-4-5-17(11-18(12)22)25-20(30)21(31)27-26-13(2)10-19(29)24-16-8-6-15(7-9-16)23-14(3)28/h4-9,11H,10H2,1-3H3,(H,23,28)(H,24,29)(H,25,30)(H,27,31)/b26-13-. The minimum absolute atomic E-state index is 0.0943. The molecule has 0 aliphatic carbocycles. The molecule has 2 aromatic rings. The number of hydrazone groups is 1. The number of hydrogen-bond donors (Lipinski definition) is 4. The molecule has 2 rings (SSSR count). The van der Waals surface area contributed by atoms with Crippen LogP contribution in [0.15, 0.2) is 47.6 Å². The second kappa shape index (κ2) is 10.9. The van der Waals surface area contributed by atoms with Crippen LogP contribution in [0.4, 0.5) is 17.1 Å². The molecule has 0 radical (unpaired) electrons. The molecule has 9 nitrogen and oxygen atoms in total. The van der Waals surface area contributed by atoms with Crippen molar-refractivity contribution in [3.8, 4) is 0 Å². The van der Waals surface area contributed by atoms with Gasteiger partial charge < -0.3 is 16.0 Å². The number of carbonyl (C=O) groups excluding carboxylic acids is 4. The van der Waals surface area contributed by atoms with E-state index in [1.807, 2.05) is 6.92 Å². The lowest BCUT2D eigenvalue weighted by atomic mass is 10.2. The van der Waals surface area contributed by atoms with E-state index in [1.165, 1.54) is 19.9 Å². The second-order valence-corrected chi connectivity index (χ2v) is 7.10. The van der Waals surface area contributed by atoms with E-state index < -0.39 is 11.8 Å². The molecule has 4 N–H and O–H groups in total. The van der Waals surface area contributed by atoms with Gasteiger partial charge in [-0.1, -0.05) is 17.7 Å². The van der Waals surface area contributed by atoms with Crippen LogP contribution in [0, 0.1) is 6.92 Å². The maximum Gasteiger partial charge on any atom is 0.329 e. The predicted molar refractivity (Wildman–Crippen MR) is 120 cm³/mol. The van der Waals surface area contributed by atoms with Gasteiger partial charge in [0, 0.05) is 34.7 Å². The molecule has 0 aliphatic rings. The number of anilines is 3. The van der Waals surface area contributed by atoms with E-state index in [4.69, 9.17) is 11.6 Å². The van der Waals surface area contributed by atoms with Gasteiger partial charge in [-0.3, -0.25) is 19.2 Å². The Balaban J connectivity index is 1.83. The zero-order valence-electron chi connectivity index (χ0n) is 17.2. The Kier molecular flexibility index (Phi) is 8.27. The van der Waals surface area contributed by atoms with Crippen LogP contribution in [0.1, 0.15) is 25.8 Å². The van der Waals surface area contributed by atoms with Gasteiger partial charge in [-0.15, -0.1) is 0 Å². The fraction of sp³-hybridized carbons (Fsp3) is 0.190. The number of hydrogen-bond acceptors (Lipinski definition) is 5. The van der Waals surface area contributed by atoms with Crippen LogP contribution in [-0.4, -0.2) is 29.3 Å². The third-order valence-corrected chi connectivity index (χ3v) is 4.30. The quantitative estimate of drug-likeness (QED) is 0.310.